The highest BCUT2D eigenvalue weighted by atomic mass is 16.5. The molecule has 0 atom stereocenters. The van der Waals surface area contributed by atoms with Crippen LogP contribution < -0.4 is 15.5 Å². The van der Waals surface area contributed by atoms with E-state index in [0.717, 1.165) is 41.1 Å². The van der Waals surface area contributed by atoms with Crippen LogP contribution in [-0.2, 0) is 11.8 Å². The Bertz CT molecular complexity index is 1300. The van der Waals surface area contributed by atoms with Crippen molar-refractivity contribution in [3.8, 4) is 11.3 Å². The maximum atomic E-state index is 11.8. The van der Waals surface area contributed by atoms with Gasteiger partial charge >= 0.3 is 0 Å². The molecule has 0 spiro atoms. The molecule has 1 aliphatic rings. The zero-order valence-electron chi connectivity index (χ0n) is 18.4. The summed E-state index contributed by atoms with van der Waals surface area (Å²) in [6.45, 7) is 2.73. The first-order valence-electron chi connectivity index (χ1n) is 10.7. The third-order valence-electron chi connectivity index (χ3n) is 5.53. The molecule has 168 valence electrons. The number of fused-ring (bicyclic) bond motifs is 1. The number of imidazole rings is 1. The van der Waals surface area contributed by atoms with E-state index in [4.69, 9.17) is 14.7 Å². The fourth-order valence-corrected chi connectivity index (χ4v) is 3.72. The maximum absolute atomic E-state index is 11.8. The van der Waals surface area contributed by atoms with E-state index in [1.54, 1.807) is 31.7 Å². The number of nitrogens with one attached hydrogen (secondary N) is 2. The molecule has 0 unspecified atom stereocenters. The zero-order valence-corrected chi connectivity index (χ0v) is 18.4. The molecule has 1 aliphatic heterocycles. The second-order valence-electron chi connectivity index (χ2n) is 7.73. The Morgan fingerprint density at radius 2 is 1.91 bits per heavy atom. The molecule has 10 nitrogen and oxygen atoms in total. The Hall–Kier alpha value is -4.05. The van der Waals surface area contributed by atoms with Crippen LogP contribution in [0, 0.1) is 0 Å². The van der Waals surface area contributed by atoms with Crippen molar-refractivity contribution >= 4 is 34.4 Å². The third kappa shape index (κ3) is 4.33. The number of aromatic nitrogens is 5. The molecule has 1 amide bonds. The number of ether oxygens (including phenoxy) is 1. The van der Waals surface area contributed by atoms with Crippen molar-refractivity contribution in [3.63, 3.8) is 0 Å². The average molecular weight is 444 g/mol. The Labute approximate surface area is 190 Å². The summed E-state index contributed by atoms with van der Waals surface area (Å²) in [7, 11) is 3.55. The van der Waals surface area contributed by atoms with Crippen LogP contribution in [0.15, 0.2) is 48.9 Å². The van der Waals surface area contributed by atoms with Crippen LogP contribution in [0.4, 0.5) is 17.5 Å². The first-order valence-corrected chi connectivity index (χ1v) is 10.7. The van der Waals surface area contributed by atoms with Crippen molar-refractivity contribution in [3.05, 3.63) is 54.6 Å². The molecule has 2 N–H and O–H groups in total. The molecule has 0 saturated carbocycles. The summed E-state index contributed by atoms with van der Waals surface area (Å²) >= 11 is 0. The van der Waals surface area contributed by atoms with E-state index in [2.05, 4.69) is 25.5 Å². The van der Waals surface area contributed by atoms with Gasteiger partial charge in [-0.3, -0.25) is 4.79 Å². The van der Waals surface area contributed by atoms with Crippen molar-refractivity contribution in [2.75, 3.05) is 43.6 Å². The van der Waals surface area contributed by atoms with Crippen LogP contribution in [0.1, 0.15) is 10.5 Å². The molecule has 4 heterocycles. The predicted molar refractivity (Wildman–Crippen MR) is 126 cm³/mol. The molecule has 1 saturated heterocycles. The summed E-state index contributed by atoms with van der Waals surface area (Å²) in [5, 5.41) is 5.87. The lowest BCUT2D eigenvalue weighted by Gasteiger charge is -2.27. The van der Waals surface area contributed by atoms with E-state index in [0.29, 0.717) is 30.7 Å². The predicted octanol–water partition coefficient (Wildman–Crippen LogP) is 2.37. The SMILES string of the molecule is CNC(=O)c1ccc(Nc2cc(-c3ccc4c(c3)ncn4C)nc(N3CCOCC3)n2)cn1. The molecule has 3 aromatic heterocycles. The van der Waals surface area contributed by atoms with Gasteiger partial charge in [-0.2, -0.15) is 4.98 Å². The molecular weight excluding hydrogens is 420 g/mol. The number of carbonyl (C=O) groups is 1. The summed E-state index contributed by atoms with van der Waals surface area (Å²) in [5.41, 5.74) is 4.78. The summed E-state index contributed by atoms with van der Waals surface area (Å²) in [6, 6.07) is 11.5. The minimum atomic E-state index is -0.231. The molecule has 1 fully saturated rings. The summed E-state index contributed by atoms with van der Waals surface area (Å²) in [5.74, 6) is 1.04. The molecule has 33 heavy (non-hydrogen) atoms. The van der Waals surface area contributed by atoms with E-state index in [-0.39, 0.29) is 5.91 Å². The molecule has 0 bridgehead atoms. The normalized spacial score (nSPS) is 13.8. The van der Waals surface area contributed by atoms with E-state index >= 15 is 0 Å². The minimum absolute atomic E-state index is 0.231. The number of morpholine rings is 1. The van der Waals surface area contributed by atoms with Crippen LogP contribution in [0.2, 0.25) is 0 Å². The lowest BCUT2D eigenvalue weighted by atomic mass is 10.1. The number of amides is 1. The lowest BCUT2D eigenvalue weighted by molar-refractivity contribution is 0.0958. The average Bonchev–Trinajstić information content (AvgIpc) is 3.24. The number of pyridine rings is 1. The van der Waals surface area contributed by atoms with Gasteiger partial charge in [-0.25, -0.2) is 15.0 Å². The third-order valence-corrected chi connectivity index (χ3v) is 5.53. The molecule has 0 radical (unpaired) electrons. The van der Waals surface area contributed by atoms with Gasteiger partial charge in [0.2, 0.25) is 5.95 Å². The summed E-state index contributed by atoms with van der Waals surface area (Å²) in [6.07, 6.45) is 3.41. The Morgan fingerprint density at radius 1 is 1.06 bits per heavy atom. The number of anilines is 3. The van der Waals surface area contributed by atoms with Crippen LogP contribution >= 0.6 is 0 Å². The highest BCUT2D eigenvalue weighted by Gasteiger charge is 2.17. The number of benzene rings is 1. The van der Waals surface area contributed by atoms with Crippen molar-refractivity contribution in [2.24, 2.45) is 7.05 Å². The summed E-state index contributed by atoms with van der Waals surface area (Å²) in [4.78, 5) is 32.2. The van der Waals surface area contributed by atoms with E-state index in [9.17, 15) is 4.79 Å². The minimum Gasteiger partial charge on any atom is -0.378 e. The van der Waals surface area contributed by atoms with Gasteiger partial charge in [-0.1, -0.05) is 6.07 Å². The number of hydrogen-bond donors (Lipinski definition) is 2. The highest BCUT2D eigenvalue weighted by Crippen LogP contribution is 2.27. The summed E-state index contributed by atoms with van der Waals surface area (Å²) < 4.78 is 7.47. The standard InChI is InChI=1S/C23H24N8O2/c1-24-22(32)17-5-4-16(13-25-17)27-21-12-18(28-23(29-21)31-7-9-33-10-8-31)15-3-6-20-19(11-15)26-14-30(20)2/h3-6,11-14H,7-10H2,1-2H3,(H,24,32)(H,27,28,29). The molecule has 1 aromatic carbocycles. The first kappa shape index (κ1) is 20.8. The second kappa shape index (κ2) is 8.83. The van der Waals surface area contributed by atoms with Gasteiger partial charge in [0, 0.05) is 38.8 Å². The number of rotatable bonds is 5. The molecule has 4 aromatic rings. The largest absolute Gasteiger partial charge is 0.378 e. The Balaban J connectivity index is 1.51. The number of nitrogens with zero attached hydrogens (tertiary/aromatic N) is 6. The second-order valence-corrected chi connectivity index (χ2v) is 7.73. The van der Waals surface area contributed by atoms with Gasteiger partial charge in [0.05, 0.1) is 48.2 Å². The number of hydrogen-bond acceptors (Lipinski definition) is 8. The van der Waals surface area contributed by atoms with Crippen LogP contribution in [0.3, 0.4) is 0 Å². The van der Waals surface area contributed by atoms with Gasteiger partial charge in [-0.15, -0.1) is 0 Å². The van der Waals surface area contributed by atoms with Gasteiger partial charge in [0.15, 0.2) is 0 Å². The fourth-order valence-electron chi connectivity index (χ4n) is 3.72. The number of carbonyl (C=O) groups excluding carboxylic acids is 1. The van der Waals surface area contributed by atoms with Gasteiger partial charge in [-0.05, 0) is 24.3 Å². The van der Waals surface area contributed by atoms with Crippen molar-refractivity contribution in [1.29, 1.82) is 0 Å². The van der Waals surface area contributed by atoms with E-state index in [1.807, 2.05) is 35.9 Å². The lowest BCUT2D eigenvalue weighted by Crippen LogP contribution is -2.37. The van der Waals surface area contributed by atoms with E-state index in [1.165, 1.54) is 0 Å². The van der Waals surface area contributed by atoms with Crippen molar-refractivity contribution in [1.82, 2.24) is 29.8 Å². The highest BCUT2D eigenvalue weighted by molar-refractivity contribution is 5.92. The first-order chi connectivity index (χ1) is 16.1. The van der Waals surface area contributed by atoms with Gasteiger partial charge in [0.25, 0.3) is 5.91 Å². The molecule has 5 rings (SSSR count). The monoisotopic (exact) mass is 444 g/mol. The molecule has 10 heteroatoms. The topological polar surface area (TPSA) is 110 Å². The Morgan fingerprint density at radius 3 is 2.67 bits per heavy atom. The quantitative estimate of drug-likeness (QED) is 0.483. The van der Waals surface area contributed by atoms with Gasteiger partial charge < -0.3 is 24.8 Å². The van der Waals surface area contributed by atoms with Crippen LogP contribution in [0.25, 0.3) is 22.3 Å². The number of aryl methyl sites for hydroxylation is 1. The van der Waals surface area contributed by atoms with Crippen LogP contribution in [-0.4, -0.2) is 63.8 Å². The smallest absolute Gasteiger partial charge is 0.269 e. The maximum Gasteiger partial charge on any atom is 0.269 e. The van der Waals surface area contributed by atoms with Crippen LogP contribution in [0.5, 0.6) is 0 Å². The molecule has 0 aliphatic carbocycles. The molecular formula is C23H24N8O2. The van der Waals surface area contributed by atoms with Crippen molar-refractivity contribution in [2.45, 2.75) is 0 Å². The van der Waals surface area contributed by atoms with Gasteiger partial charge in [0.1, 0.15) is 11.5 Å². The fraction of sp³-hybridized carbons (Fsp3) is 0.261. The van der Waals surface area contributed by atoms with E-state index < -0.39 is 0 Å². The zero-order chi connectivity index (χ0) is 22.8. The Kier molecular flexibility index (Phi) is 5.57. The van der Waals surface area contributed by atoms with Crippen molar-refractivity contribution < 1.29 is 9.53 Å².